The minimum absolute atomic E-state index is 0. The van der Waals surface area contributed by atoms with Crippen molar-refractivity contribution in [2.24, 2.45) is 5.92 Å². The minimum atomic E-state index is -1.77. The van der Waals surface area contributed by atoms with Crippen molar-refractivity contribution in [1.29, 1.82) is 0 Å². The summed E-state index contributed by atoms with van der Waals surface area (Å²) in [4.78, 5) is 28.1. The van der Waals surface area contributed by atoms with E-state index in [-0.39, 0.29) is 60.3 Å². The molecule has 0 amide bonds. The first-order valence-corrected chi connectivity index (χ1v) is 95.8. The summed E-state index contributed by atoms with van der Waals surface area (Å²) in [5.41, 5.74) is 23.0. The number of fused-ring (bicyclic) bond motifs is 9. The van der Waals surface area contributed by atoms with Crippen molar-refractivity contribution in [1.82, 2.24) is 29.9 Å². The standard InChI is InChI=1S/C30H44NOSi4.C27H38NOSi4.C26H36NOSi4.2C12H10N.C11H8N.3Ir/c1-22(2)19-23-20-27(26-17-14-16-25-24-15-12-13-18-28(24)32-30(25)26)31-21-29(23)36(33(3,4)5,34(6,7)8)35(9,10)11;1-20-17-24(21-15-16-23-22-13-11-12-14-25(22)29-26(23)18-21)28-19-27(20)33(30(2,3)4,31(5,6)7)32(8,9)10;1-29(2,3)32(30(4,5)6,31(7,8)9)21-15-17-24(27-19-21)20-14-16-23-22-12-10-11-13-25(22)28-26(23)18-20;2*1-10-5-7-11(8-6-10)12-4-2-3-9-13-12;1-2-6-10(7-3-1)11-8-4-5-9-12-11;;;/h12-16,18,20-22H,19H2,1-11H3;11-14,16-19H,1-10H3;10-13,15-19H,1-9H3;2*2-7,9H,1H3;1-6,8-9H;;;/q6*-1;;;. The Balaban J connectivity index is 0.000000183. The van der Waals surface area contributed by atoms with Crippen LogP contribution in [0.3, 0.4) is 0 Å². The van der Waals surface area contributed by atoms with E-state index in [1.165, 1.54) is 16.7 Å². The van der Waals surface area contributed by atoms with Crippen LogP contribution in [0.2, 0.25) is 177 Å². The quantitative estimate of drug-likeness (QED) is 0.0543. The summed E-state index contributed by atoms with van der Waals surface area (Å²) >= 11 is 0. The Bertz CT molecular complexity index is 7010. The predicted molar refractivity (Wildman–Crippen MR) is 632 cm³/mol. The first-order chi connectivity index (χ1) is 65.2. The van der Waals surface area contributed by atoms with Gasteiger partial charge in [0.25, 0.3) is 0 Å². The number of benzene rings is 9. The molecule has 0 fully saturated rings. The molecule has 9 aromatic carbocycles. The molecule has 0 aliphatic carbocycles. The zero-order valence-corrected chi connectivity index (χ0v) is 109. The number of hydrogen-bond donors (Lipinski definition) is 0. The van der Waals surface area contributed by atoms with Crippen LogP contribution in [0.25, 0.3) is 133 Å². The predicted octanol–water partition coefficient (Wildman–Crippen LogP) is 31.8. The maximum absolute atomic E-state index is 6.38. The molecule has 24 heteroatoms. The van der Waals surface area contributed by atoms with Crippen molar-refractivity contribution in [3.8, 4) is 67.5 Å². The molecular formula is C118H146Ir3N6O3Si12-6. The van der Waals surface area contributed by atoms with E-state index in [0.29, 0.717) is 5.92 Å². The number of para-hydroxylation sites is 3. The molecule has 0 saturated heterocycles. The van der Waals surface area contributed by atoms with E-state index in [1.54, 1.807) is 39.7 Å². The van der Waals surface area contributed by atoms with E-state index >= 15 is 0 Å². The van der Waals surface area contributed by atoms with E-state index in [2.05, 4.69) is 391 Å². The van der Waals surface area contributed by atoms with Crippen LogP contribution in [0.4, 0.5) is 0 Å². The van der Waals surface area contributed by atoms with Gasteiger partial charge in [0, 0.05) is 171 Å². The molecule has 0 atom stereocenters. The summed E-state index contributed by atoms with van der Waals surface area (Å²) in [6, 6.07) is 104. The van der Waals surface area contributed by atoms with Crippen LogP contribution in [-0.2, 0) is 66.7 Å². The zero-order valence-electron chi connectivity index (χ0n) is 89.8. The normalized spacial score (nSPS) is 12.4. The number of aryl methyl sites for hydroxylation is 3. The number of pyridine rings is 6. The minimum Gasteiger partial charge on any atom is -0.501 e. The van der Waals surface area contributed by atoms with Gasteiger partial charge >= 0.3 is 0 Å². The average molecular weight is 2610 g/mol. The molecule has 9 heterocycles. The van der Waals surface area contributed by atoms with Gasteiger partial charge in [-0.25, -0.2) is 0 Å². The van der Waals surface area contributed by atoms with Gasteiger partial charge in [0.05, 0.1) is 36.6 Å². The third kappa shape index (κ3) is 24.4. The van der Waals surface area contributed by atoms with Gasteiger partial charge in [0.1, 0.15) is 16.7 Å². The zero-order chi connectivity index (χ0) is 101. The molecule has 3 radical (unpaired) electrons. The van der Waals surface area contributed by atoms with Crippen molar-refractivity contribution >= 4 is 170 Å². The number of furan rings is 3. The van der Waals surface area contributed by atoms with Crippen LogP contribution < -0.4 is 15.6 Å². The Hall–Kier alpha value is -8.17. The Labute approximate surface area is 899 Å². The summed E-state index contributed by atoms with van der Waals surface area (Å²) in [7, 11) is -13.0. The topological polar surface area (TPSA) is 117 Å². The molecule has 0 N–H and O–H groups in total. The van der Waals surface area contributed by atoms with Gasteiger partial charge in [-0.2, -0.15) is 0 Å². The number of nitrogens with zero attached hydrogens (tertiary/aromatic N) is 6. The fraction of sp³-hybridized carbons (Fsp3) is 0.288. The van der Waals surface area contributed by atoms with Crippen molar-refractivity contribution < 1.29 is 73.6 Å². The number of aromatic nitrogens is 6. The van der Waals surface area contributed by atoms with Crippen LogP contribution in [0.15, 0.2) is 299 Å². The van der Waals surface area contributed by atoms with E-state index in [1.807, 2.05) is 140 Å². The van der Waals surface area contributed by atoms with E-state index in [0.717, 1.165) is 140 Å². The first kappa shape index (κ1) is 116. The Morgan fingerprint density at radius 2 is 0.634 bits per heavy atom. The van der Waals surface area contributed by atoms with Crippen LogP contribution in [-0.4, -0.2) is 118 Å². The Morgan fingerprint density at radius 1 is 0.268 bits per heavy atom. The van der Waals surface area contributed by atoms with E-state index in [9.17, 15) is 0 Å². The van der Waals surface area contributed by atoms with Gasteiger partial charge in [-0.05, 0) is 111 Å². The fourth-order valence-corrected chi connectivity index (χ4v) is 327. The summed E-state index contributed by atoms with van der Waals surface area (Å²) in [6.45, 7) is 77.6. The molecule has 0 saturated carbocycles. The molecule has 142 heavy (non-hydrogen) atoms. The summed E-state index contributed by atoms with van der Waals surface area (Å²) < 4.78 is 18.6. The second kappa shape index (κ2) is 46.5. The summed E-state index contributed by atoms with van der Waals surface area (Å²) in [5.74, 6) is 0.599. The van der Waals surface area contributed by atoms with Crippen LogP contribution >= 0.6 is 0 Å². The molecule has 0 aliphatic heterocycles. The summed E-state index contributed by atoms with van der Waals surface area (Å²) in [6.07, 6.45) is 13.4. The third-order valence-electron chi connectivity index (χ3n) is 28.1. The maximum Gasteiger partial charge on any atom is 0.123 e. The van der Waals surface area contributed by atoms with Crippen LogP contribution in [0, 0.1) is 63.1 Å². The van der Waals surface area contributed by atoms with Crippen molar-refractivity contribution in [2.75, 3.05) is 0 Å². The SMILES string of the molecule is CC(C)Cc1cc(-c2[c-]ccc3c2oc2ccccc23)ncc1[Si]([Si](C)(C)C)([Si](C)(C)C)[Si](C)(C)C.C[Si](C)(C)[Si](c1ccc(-c2[c-]cc3c(c2)oc2ccccc23)nc1)([Si](C)(C)C)[Si](C)(C)C.Cc1c[c-]c(-c2ccccn2)cc1.Cc1c[c-]c(-c2ccccn2)cc1.Cc1cc(-c2[c-]cc3c(c2)oc2ccccc23)ncc1[Si]([Si](C)(C)C)([Si](C)(C)C)[Si](C)(C)C.[Ir].[Ir].[Ir].[c-]1ccccc1-c1ccccn1. The monoisotopic (exact) mass is 2610 g/mol. The van der Waals surface area contributed by atoms with E-state index in [4.69, 9.17) is 28.2 Å². The number of rotatable bonds is 20. The van der Waals surface area contributed by atoms with Crippen molar-refractivity contribution in [3.63, 3.8) is 0 Å². The molecule has 9 nitrogen and oxygen atoms in total. The van der Waals surface area contributed by atoms with Gasteiger partial charge in [-0.1, -0.05) is 370 Å². The molecule has 18 rings (SSSR count). The van der Waals surface area contributed by atoms with Gasteiger partial charge in [0.15, 0.2) is 0 Å². The van der Waals surface area contributed by atoms with Crippen LogP contribution in [0.1, 0.15) is 36.1 Å². The Kier molecular flexibility index (Phi) is 37.9. The van der Waals surface area contributed by atoms with Gasteiger partial charge in [0.2, 0.25) is 0 Å². The van der Waals surface area contributed by atoms with Crippen LogP contribution in [0.5, 0.6) is 0 Å². The molecule has 9 aromatic heterocycles. The smallest absolute Gasteiger partial charge is 0.123 e. The second-order valence-corrected chi connectivity index (χ2v) is 168. The molecule has 18 aromatic rings. The van der Waals surface area contributed by atoms with Crippen molar-refractivity contribution in [3.05, 3.63) is 345 Å². The fourth-order valence-electron chi connectivity index (χ4n) is 26.2. The van der Waals surface area contributed by atoms with Gasteiger partial charge in [-0.15, -0.1) is 160 Å². The molecule has 747 valence electrons. The maximum atomic E-state index is 6.38. The molecular weight excluding hydrogens is 2460 g/mol. The largest absolute Gasteiger partial charge is 0.501 e. The van der Waals surface area contributed by atoms with Gasteiger partial charge in [-0.3, -0.25) is 0 Å². The van der Waals surface area contributed by atoms with Crippen molar-refractivity contribution in [2.45, 2.75) is 218 Å². The third-order valence-corrected chi connectivity index (χ3v) is 242. The molecule has 0 spiro atoms. The molecule has 0 bridgehead atoms. The molecule has 0 unspecified atom stereocenters. The average Bonchev–Trinajstić information content (AvgIpc) is 0.761. The Morgan fingerprint density at radius 3 is 1.01 bits per heavy atom. The van der Waals surface area contributed by atoms with E-state index < -0.39 is 88.2 Å². The summed E-state index contributed by atoms with van der Waals surface area (Å²) in [5, 5.41) is 11.8. The molecule has 0 aliphatic rings. The van der Waals surface area contributed by atoms with Gasteiger partial charge < -0.3 is 43.2 Å². The number of hydrogen-bond acceptors (Lipinski definition) is 9. The first-order valence-electron chi connectivity index (χ1n) is 49.3. The second-order valence-electron chi connectivity index (χ2n) is 47.3.